The highest BCUT2D eigenvalue weighted by molar-refractivity contribution is 5.81. The van der Waals surface area contributed by atoms with Gasteiger partial charge in [-0.15, -0.1) is 0 Å². The third-order valence-corrected chi connectivity index (χ3v) is 5.38. The van der Waals surface area contributed by atoms with E-state index in [9.17, 15) is 9.59 Å². The minimum Gasteiger partial charge on any atom is -0.356 e. The number of benzene rings is 2. The molecular formula is C23H28N2O2. The molecule has 2 amide bonds. The molecule has 1 N–H and O–H groups in total. The van der Waals surface area contributed by atoms with Crippen LogP contribution in [-0.2, 0) is 22.4 Å². The van der Waals surface area contributed by atoms with Crippen molar-refractivity contribution < 1.29 is 9.59 Å². The number of carbonyl (C=O) groups excluding carboxylic acids is 2. The third-order valence-electron chi connectivity index (χ3n) is 5.38. The maximum Gasteiger partial charge on any atom is 0.226 e. The van der Waals surface area contributed by atoms with Gasteiger partial charge in [-0.2, -0.15) is 0 Å². The van der Waals surface area contributed by atoms with Gasteiger partial charge in [0.2, 0.25) is 11.8 Å². The first-order valence-electron chi connectivity index (χ1n) is 9.77. The molecule has 2 aromatic rings. The van der Waals surface area contributed by atoms with Crippen LogP contribution in [0, 0.1) is 12.8 Å². The number of rotatable bonds is 6. The molecule has 142 valence electrons. The molecule has 2 aromatic carbocycles. The van der Waals surface area contributed by atoms with Gasteiger partial charge in [0.1, 0.15) is 0 Å². The fraction of sp³-hybridized carbons (Fsp3) is 0.391. The molecule has 4 heteroatoms. The summed E-state index contributed by atoms with van der Waals surface area (Å²) in [6, 6.07) is 18.2. The van der Waals surface area contributed by atoms with Crippen molar-refractivity contribution in [2.45, 2.75) is 32.6 Å². The lowest BCUT2D eigenvalue weighted by molar-refractivity contribution is -0.135. The molecule has 0 bridgehead atoms. The molecule has 1 saturated heterocycles. The van der Waals surface area contributed by atoms with E-state index < -0.39 is 0 Å². The van der Waals surface area contributed by atoms with Crippen LogP contribution < -0.4 is 5.32 Å². The van der Waals surface area contributed by atoms with Crippen molar-refractivity contribution in [2.24, 2.45) is 5.92 Å². The van der Waals surface area contributed by atoms with Gasteiger partial charge < -0.3 is 10.2 Å². The van der Waals surface area contributed by atoms with Crippen molar-refractivity contribution in [3.05, 3.63) is 71.3 Å². The van der Waals surface area contributed by atoms with Gasteiger partial charge in [-0.05, 0) is 42.9 Å². The number of nitrogens with zero attached hydrogens (tertiary/aromatic N) is 1. The van der Waals surface area contributed by atoms with Crippen molar-refractivity contribution in [1.82, 2.24) is 10.2 Å². The van der Waals surface area contributed by atoms with E-state index in [1.807, 2.05) is 54.3 Å². The molecule has 0 aliphatic carbocycles. The Hall–Kier alpha value is -2.62. The quantitative estimate of drug-likeness (QED) is 0.856. The molecule has 3 rings (SSSR count). The molecule has 1 heterocycles. The minimum absolute atomic E-state index is 0.0169. The summed E-state index contributed by atoms with van der Waals surface area (Å²) in [6.07, 6.45) is 2.79. The summed E-state index contributed by atoms with van der Waals surface area (Å²) >= 11 is 0. The second-order valence-corrected chi connectivity index (χ2v) is 7.28. The number of hydrogen-bond acceptors (Lipinski definition) is 2. The first kappa shape index (κ1) is 19.2. The van der Waals surface area contributed by atoms with Gasteiger partial charge in [-0.25, -0.2) is 0 Å². The predicted molar refractivity (Wildman–Crippen MR) is 107 cm³/mol. The van der Waals surface area contributed by atoms with E-state index in [0.29, 0.717) is 26.1 Å². The molecule has 4 nitrogen and oxygen atoms in total. The zero-order valence-corrected chi connectivity index (χ0v) is 16.0. The molecule has 1 aliphatic rings. The van der Waals surface area contributed by atoms with Gasteiger partial charge in [0, 0.05) is 25.6 Å². The molecule has 0 radical (unpaired) electrons. The Morgan fingerprint density at radius 3 is 2.37 bits per heavy atom. The van der Waals surface area contributed by atoms with Crippen molar-refractivity contribution >= 4 is 11.8 Å². The van der Waals surface area contributed by atoms with Crippen LogP contribution in [0.2, 0.25) is 0 Å². The normalized spacial score (nSPS) is 14.8. The molecular weight excluding hydrogens is 336 g/mol. The fourth-order valence-electron chi connectivity index (χ4n) is 3.59. The minimum atomic E-state index is 0.0169. The second-order valence-electron chi connectivity index (χ2n) is 7.28. The summed E-state index contributed by atoms with van der Waals surface area (Å²) in [7, 11) is 0. The van der Waals surface area contributed by atoms with E-state index in [4.69, 9.17) is 0 Å². The number of hydrogen-bond donors (Lipinski definition) is 1. The number of carbonyl (C=O) groups is 2. The van der Waals surface area contributed by atoms with E-state index in [1.54, 1.807) is 0 Å². The number of likely N-dealkylation sites (tertiary alicyclic amines) is 1. The number of nitrogens with one attached hydrogen (secondary N) is 1. The largest absolute Gasteiger partial charge is 0.356 e. The molecule has 1 fully saturated rings. The summed E-state index contributed by atoms with van der Waals surface area (Å²) in [4.78, 5) is 26.8. The topological polar surface area (TPSA) is 49.4 Å². The maximum absolute atomic E-state index is 12.6. The van der Waals surface area contributed by atoms with E-state index in [2.05, 4.69) is 17.4 Å². The lowest BCUT2D eigenvalue weighted by atomic mass is 9.95. The molecule has 0 spiro atoms. The highest BCUT2D eigenvalue weighted by atomic mass is 16.2. The van der Waals surface area contributed by atoms with Crippen molar-refractivity contribution in [3.63, 3.8) is 0 Å². The molecule has 0 saturated carbocycles. The van der Waals surface area contributed by atoms with Crippen LogP contribution in [0.4, 0.5) is 0 Å². The third kappa shape index (κ3) is 5.43. The average Bonchev–Trinajstić information content (AvgIpc) is 2.70. The first-order valence-corrected chi connectivity index (χ1v) is 9.77. The average molecular weight is 364 g/mol. The summed E-state index contributed by atoms with van der Waals surface area (Å²) in [5.41, 5.74) is 3.47. The summed E-state index contributed by atoms with van der Waals surface area (Å²) < 4.78 is 0. The first-order chi connectivity index (χ1) is 13.1. The van der Waals surface area contributed by atoms with Crippen molar-refractivity contribution in [3.8, 4) is 0 Å². The highest BCUT2D eigenvalue weighted by Crippen LogP contribution is 2.19. The lowest BCUT2D eigenvalue weighted by Gasteiger charge is -2.31. The molecule has 0 atom stereocenters. The number of piperidine rings is 1. The number of amides is 2. The Morgan fingerprint density at radius 1 is 1.00 bits per heavy atom. The van der Waals surface area contributed by atoms with Crippen LogP contribution in [-0.4, -0.2) is 36.3 Å². The van der Waals surface area contributed by atoms with Crippen molar-refractivity contribution in [2.75, 3.05) is 19.6 Å². The Kier molecular flexibility index (Phi) is 6.64. The van der Waals surface area contributed by atoms with E-state index >= 15 is 0 Å². The van der Waals surface area contributed by atoms with Gasteiger partial charge in [0.25, 0.3) is 0 Å². The molecule has 27 heavy (non-hydrogen) atoms. The monoisotopic (exact) mass is 364 g/mol. The van der Waals surface area contributed by atoms with E-state index in [1.165, 1.54) is 5.56 Å². The smallest absolute Gasteiger partial charge is 0.226 e. The molecule has 0 aromatic heterocycles. The van der Waals surface area contributed by atoms with E-state index in [0.717, 1.165) is 30.4 Å². The fourth-order valence-corrected chi connectivity index (χ4v) is 3.59. The highest BCUT2D eigenvalue weighted by Gasteiger charge is 2.27. The number of aryl methyl sites for hydroxylation is 1. The lowest BCUT2D eigenvalue weighted by Crippen LogP contribution is -2.43. The van der Waals surface area contributed by atoms with Gasteiger partial charge in [-0.1, -0.05) is 54.6 Å². The van der Waals surface area contributed by atoms with Gasteiger partial charge in [0.15, 0.2) is 0 Å². The zero-order valence-electron chi connectivity index (χ0n) is 16.0. The Labute approximate surface area is 161 Å². The standard InChI is InChI=1S/C23H28N2O2/c1-18-7-5-6-10-21(18)17-22(26)25-15-12-20(13-16-25)23(27)24-14-11-19-8-3-2-4-9-19/h2-10,20H,11-17H2,1H3,(H,24,27). The Morgan fingerprint density at radius 2 is 1.67 bits per heavy atom. The van der Waals surface area contributed by atoms with Crippen LogP contribution in [0.25, 0.3) is 0 Å². The predicted octanol–water partition coefficient (Wildman–Crippen LogP) is 3.14. The van der Waals surface area contributed by atoms with Crippen LogP contribution in [0.3, 0.4) is 0 Å². The van der Waals surface area contributed by atoms with Gasteiger partial charge in [-0.3, -0.25) is 9.59 Å². The Balaban J connectivity index is 1.41. The van der Waals surface area contributed by atoms with Crippen molar-refractivity contribution in [1.29, 1.82) is 0 Å². The van der Waals surface area contributed by atoms with Gasteiger partial charge in [0.05, 0.1) is 6.42 Å². The van der Waals surface area contributed by atoms with Crippen LogP contribution in [0.5, 0.6) is 0 Å². The zero-order chi connectivity index (χ0) is 19.1. The Bertz CT molecular complexity index is 765. The van der Waals surface area contributed by atoms with Crippen LogP contribution in [0.1, 0.15) is 29.5 Å². The summed E-state index contributed by atoms with van der Waals surface area (Å²) in [5, 5.41) is 3.05. The van der Waals surface area contributed by atoms with Gasteiger partial charge >= 0.3 is 0 Å². The summed E-state index contributed by atoms with van der Waals surface area (Å²) in [5.74, 6) is 0.299. The second kappa shape index (κ2) is 9.36. The summed E-state index contributed by atoms with van der Waals surface area (Å²) in [6.45, 7) is 4.03. The van der Waals surface area contributed by atoms with Crippen LogP contribution >= 0.6 is 0 Å². The SMILES string of the molecule is Cc1ccccc1CC(=O)N1CCC(C(=O)NCCc2ccccc2)CC1. The van der Waals surface area contributed by atoms with Crippen LogP contribution in [0.15, 0.2) is 54.6 Å². The molecule has 0 unspecified atom stereocenters. The van der Waals surface area contributed by atoms with E-state index in [-0.39, 0.29) is 17.7 Å². The maximum atomic E-state index is 12.6. The molecule has 1 aliphatic heterocycles.